The van der Waals surface area contributed by atoms with E-state index in [1.165, 1.54) is 20.9 Å². The zero-order valence-electron chi connectivity index (χ0n) is 7.20. The van der Waals surface area contributed by atoms with Crippen LogP contribution in [0.4, 0.5) is 4.79 Å². The van der Waals surface area contributed by atoms with Crippen LogP contribution in [0, 0.1) is 0 Å². The Kier molecular flexibility index (Phi) is 1.87. The van der Waals surface area contributed by atoms with Crippen molar-refractivity contribution in [1.29, 1.82) is 0 Å². The highest BCUT2D eigenvalue weighted by atomic mass is 16.2. The molecule has 0 aromatic rings. The summed E-state index contributed by atoms with van der Waals surface area (Å²) >= 11 is 0. The predicted molar refractivity (Wildman–Crippen MR) is 40.1 cm³/mol. The maximum Gasteiger partial charge on any atom is 0.333 e. The summed E-state index contributed by atoms with van der Waals surface area (Å²) in [4.78, 5) is 35.1. The van der Waals surface area contributed by atoms with Crippen LogP contribution in [0.15, 0.2) is 0 Å². The lowest BCUT2D eigenvalue weighted by atomic mass is 10.3. The van der Waals surface area contributed by atoms with Crippen molar-refractivity contribution in [3.8, 4) is 0 Å². The van der Waals surface area contributed by atoms with E-state index in [9.17, 15) is 14.4 Å². The molecule has 0 N–H and O–H groups in total. The number of carbonyl (C=O) groups is 3. The molecule has 1 aliphatic heterocycles. The lowest BCUT2D eigenvalue weighted by Crippen LogP contribution is -2.36. The quantitative estimate of drug-likeness (QED) is 0.474. The third-order valence-electron chi connectivity index (χ3n) is 1.91. The van der Waals surface area contributed by atoms with Crippen molar-refractivity contribution in [2.45, 2.75) is 19.9 Å². The molecule has 66 valence electrons. The van der Waals surface area contributed by atoms with Crippen LogP contribution < -0.4 is 0 Å². The van der Waals surface area contributed by atoms with Crippen molar-refractivity contribution < 1.29 is 14.4 Å². The van der Waals surface area contributed by atoms with Gasteiger partial charge in [0.25, 0.3) is 5.91 Å². The summed E-state index contributed by atoms with van der Waals surface area (Å²) in [6.07, 6.45) is 0. The van der Waals surface area contributed by atoms with Crippen LogP contribution in [0.25, 0.3) is 0 Å². The Morgan fingerprint density at radius 1 is 1.42 bits per heavy atom. The first kappa shape index (κ1) is 8.70. The van der Waals surface area contributed by atoms with Gasteiger partial charge < -0.3 is 0 Å². The van der Waals surface area contributed by atoms with Crippen molar-refractivity contribution in [2.24, 2.45) is 0 Å². The Hall–Kier alpha value is -1.39. The molecule has 0 bridgehead atoms. The highest BCUT2D eigenvalue weighted by Gasteiger charge is 2.42. The number of likely N-dealkylation sites (N-methyl/N-ethyl adjacent to an activating group) is 1. The topological polar surface area (TPSA) is 57.7 Å². The first-order chi connectivity index (χ1) is 5.46. The minimum atomic E-state index is -0.653. The average Bonchev–Trinajstić information content (AvgIpc) is 2.16. The molecule has 0 aromatic carbocycles. The van der Waals surface area contributed by atoms with Crippen molar-refractivity contribution in [3.05, 3.63) is 0 Å². The molecule has 1 unspecified atom stereocenters. The smallest absolute Gasteiger partial charge is 0.275 e. The molecule has 1 atom stereocenters. The van der Waals surface area contributed by atoms with Gasteiger partial charge in [0, 0.05) is 14.0 Å². The van der Waals surface area contributed by atoms with Crippen LogP contribution in [0.1, 0.15) is 13.8 Å². The van der Waals surface area contributed by atoms with E-state index >= 15 is 0 Å². The SMILES string of the molecule is CC(=O)N1C(=O)N(C)C(=O)C1C. The molecular formula is C7H10N2O3. The minimum Gasteiger partial charge on any atom is -0.275 e. The summed E-state index contributed by atoms with van der Waals surface area (Å²) in [6.45, 7) is 2.80. The Labute approximate surface area is 69.9 Å². The van der Waals surface area contributed by atoms with E-state index < -0.39 is 18.0 Å². The summed E-state index contributed by atoms with van der Waals surface area (Å²) in [5.41, 5.74) is 0. The molecule has 1 saturated heterocycles. The van der Waals surface area contributed by atoms with E-state index in [0.29, 0.717) is 0 Å². The zero-order chi connectivity index (χ0) is 9.46. The monoisotopic (exact) mass is 170 g/mol. The number of carbonyl (C=O) groups excluding carboxylic acids is 3. The van der Waals surface area contributed by atoms with Gasteiger partial charge in [-0.25, -0.2) is 4.79 Å². The van der Waals surface area contributed by atoms with Crippen LogP contribution >= 0.6 is 0 Å². The van der Waals surface area contributed by atoms with E-state index in [1.54, 1.807) is 0 Å². The summed E-state index contributed by atoms with van der Waals surface area (Å²) in [5.74, 6) is -0.736. The predicted octanol–water partition coefficient (Wildman–Crippen LogP) is -0.185. The molecule has 0 aromatic heterocycles. The van der Waals surface area contributed by atoms with Gasteiger partial charge in [-0.05, 0) is 6.92 Å². The van der Waals surface area contributed by atoms with E-state index in [0.717, 1.165) is 9.80 Å². The lowest BCUT2D eigenvalue weighted by Gasteiger charge is -2.13. The largest absolute Gasteiger partial charge is 0.333 e. The normalized spacial score (nSPS) is 23.8. The van der Waals surface area contributed by atoms with Crippen molar-refractivity contribution in [1.82, 2.24) is 9.80 Å². The summed E-state index contributed by atoms with van der Waals surface area (Å²) in [6, 6.07) is -1.19. The lowest BCUT2D eigenvalue weighted by molar-refractivity contribution is -0.132. The molecule has 0 saturated carbocycles. The third-order valence-corrected chi connectivity index (χ3v) is 1.91. The Morgan fingerprint density at radius 3 is 2.08 bits per heavy atom. The van der Waals surface area contributed by atoms with Crippen molar-refractivity contribution in [3.63, 3.8) is 0 Å². The van der Waals surface area contributed by atoms with Crippen molar-refractivity contribution in [2.75, 3.05) is 7.05 Å². The molecule has 1 heterocycles. The first-order valence-electron chi connectivity index (χ1n) is 3.58. The van der Waals surface area contributed by atoms with Gasteiger partial charge in [-0.15, -0.1) is 0 Å². The van der Waals surface area contributed by atoms with Gasteiger partial charge in [0.2, 0.25) is 5.91 Å². The summed E-state index contributed by atoms with van der Waals surface area (Å²) < 4.78 is 0. The summed E-state index contributed by atoms with van der Waals surface area (Å²) in [7, 11) is 1.37. The number of hydrogen-bond acceptors (Lipinski definition) is 3. The zero-order valence-corrected chi connectivity index (χ0v) is 7.20. The second-order valence-electron chi connectivity index (χ2n) is 2.74. The molecular weight excluding hydrogens is 160 g/mol. The third kappa shape index (κ3) is 0.975. The fraction of sp³-hybridized carbons (Fsp3) is 0.571. The van der Waals surface area contributed by atoms with E-state index in [-0.39, 0.29) is 5.91 Å². The van der Waals surface area contributed by atoms with Gasteiger partial charge in [-0.2, -0.15) is 0 Å². The Balaban J connectivity index is 2.99. The van der Waals surface area contributed by atoms with Crippen LogP contribution in [-0.2, 0) is 9.59 Å². The fourth-order valence-electron chi connectivity index (χ4n) is 1.22. The second kappa shape index (κ2) is 2.58. The van der Waals surface area contributed by atoms with Gasteiger partial charge in [0.15, 0.2) is 0 Å². The van der Waals surface area contributed by atoms with Crippen LogP contribution in [0.5, 0.6) is 0 Å². The molecule has 4 amide bonds. The molecule has 1 aliphatic rings. The fourth-order valence-corrected chi connectivity index (χ4v) is 1.22. The number of imide groups is 2. The van der Waals surface area contributed by atoms with E-state index in [4.69, 9.17) is 0 Å². The molecule has 1 fully saturated rings. The highest BCUT2D eigenvalue weighted by molar-refractivity contribution is 6.10. The minimum absolute atomic E-state index is 0.338. The number of nitrogens with zero attached hydrogens (tertiary/aromatic N) is 2. The first-order valence-corrected chi connectivity index (χ1v) is 3.58. The van der Waals surface area contributed by atoms with Gasteiger partial charge in [0.1, 0.15) is 6.04 Å². The number of rotatable bonds is 0. The van der Waals surface area contributed by atoms with Gasteiger partial charge in [-0.1, -0.05) is 0 Å². The van der Waals surface area contributed by atoms with E-state index in [1.807, 2.05) is 0 Å². The summed E-state index contributed by atoms with van der Waals surface area (Å²) in [5, 5.41) is 0. The number of urea groups is 1. The van der Waals surface area contributed by atoms with Crippen LogP contribution in [0.3, 0.4) is 0 Å². The molecule has 1 rings (SSSR count). The Morgan fingerprint density at radius 2 is 1.92 bits per heavy atom. The molecule has 12 heavy (non-hydrogen) atoms. The molecule has 5 nitrogen and oxygen atoms in total. The second-order valence-corrected chi connectivity index (χ2v) is 2.74. The molecule has 0 spiro atoms. The maximum absolute atomic E-state index is 11.2. The molecule has 5 heteroatoms. The van der Waals surface area contributed by atoms with Crippen LogP contribution in [0.2, 0.25) is 0 Å². The molecule has 0 radical (unpaired) electrons. The number of hydrogen-bond donors (Lipinski definition) is 0. The maximum atomic E-state index is 11.2. The standard InChI is InChI=1S/C7H10N2O3/c1-4-6(11)8(3)7(12)9(4)5(2)10/h4H,1-3H3. The van der Waals surface area contributed by atoms with Gasteiger partial charge >= 0.3 is 6.03 Å². The number of amides is 4. The highest BCUT2D eigenvalue weighted by Crippen LogP contribution is 2.14. The van der Waals surface area contributed by atoms with Crippen molar-refractivity contribution >= 4 is 17.8 Å². The Bertz CT molecular complexity index is 261. The van der Waals surface area contributed by atoms with E-state index in [2.05, 4.69) is 0 Å². The van der Waals surface area contributed by atoms with Crippen LogP contribution in [-0.4, -0.2) is 40.7 Å². The van der Waals surface area contributed by atoms with Gasteiger partial charge in [-0.3, -0.25) is 19.4 Å². The van der Waals surface area contributed by atoms with Gasteiger partial charge in [0.05, 0.1) is 0 Å². The molecule has 0 aliphatic carbocycles. The average molecular weight is 170 g/mol.